The fourth-order valence-corrected chi connectivity index (χ4v) is 2.02. The van der Waals surface area contributed by atoms with Gasteiger partial charge in [-0.1, -0.05) is 24.9 Å². The van der Waals surface area contributed by atoms with Gasteiger partial charge in [0.15, 0.2) is 5.75 Å². The van der Waals surface area contributed by atoms with Crippen molar-refractivity contribution in [1.82, 2.24) is 10.6 Å². The molecule has 9 nitrogen and oxygen atoms in total. The van der Waals surface area contributed by atoms with Crippen LogP contribution >= 0.6 is 11.6 Å². The van der Waals surface area contributed by atoms with Gasteiger partial charge >= 0.3 is 11.7 Å². The lowest BCUT2D eigenvalue weighted by atomic mass is 10.1. The van der Waals surface area contributed by atoms with Crippen LogP contribution in [0.25, 0.3) is 0 Å². The topological polar surface area (TPSA) is 131 Å². The summed E-state index contributed by atoms with van der Waals surface area (Å²) >= 11 is 5.85. The van der Waals surface area contributed by atoms with Gasteiger partial charge in [0.2, 0.25) is 5.75 Å². The first-order chi connectivity index (χ1) is 10.8. The van der Waals surface area contributed by atoms with Crippen LogP contribution in [0.3, 0.4) is 0 Å². The number of methoxy groups -OCH3 is 1. The Morgan fingerprint density at radius 1 is 1.48 bits per heavy atom. The highest BCUT2D eigenvalue weighted by Gasteiger charge is 2.32. The predicted octanol–water partition coefficient (Wildman–Crippen LogP) is 2.20. The molecule has 0 aliphatic heterocycles. The molecule has 0 aliphatic carbocycles. The van der Waals surface area contributed by atoms with Gasteiger partial charge in [-0.2, -0.15) is 0 Å². The number of nitrogens with one attached hydrogen (secondary N) is 2. The lowest BCUT2D eigenvalue weighted by Crippen LogP contribution is -2.40. The molecule has 3 N–H and O–H groups in total. The van der Waals surface area contributed by atoms with E-state index in [9.17, 15) is 24.8 Å². The Labute approximate surface area is 136 Å². The maximum Gasteiger partial charge on any atom is 0.328 e. The van der Waals surface area contributed by atoms with E-state index >= 15 is 0 Å². The Hall–Kier alpha value is -2.55. The van der Waals surface area contributed by atoms with Gasteiger partial charge in [-0.15, -0.1) is 0 Å². The average molecular weight is 346 g/mol. The number of nitro groups is 1. The molecule has 0 saturated heterocycles. The first kappa shape index (κ1) is 18.5. The molecule has 1 aromatic carbocycles. The Morgan fingerprint density at radius 2 is 2.13 bits per heavy atom. The zero-order valence-electron chi connectivity index (χ0n) is 12.5. The van der Waals surface area contributed by atoms with Gasteiger partial charge in [0.05, 0.1) is 17.1 Å². The van der Waals surface area contributed by atoms with E-state index in [-0.39, 0.29) is 10.8 Å². The Morgan fingerprint density at radius 3 is 2.65 bits per heavy atom. The molecule has 23 heavy (non-hydrogen) atoms. The van der Waals surface area contributed by atoms with Crippen LogP contribution in [-0.4, -0.2) is 35.6 Å². The Kier molecular flexibility index (Phi) is 6.58. The number of phenols is 1. The number of rotatable bonds is 6. The van der Waals surface area contributed by atoms with Crippen molar-refractivity contribution in [3.8, 4) is 11.5 Å². The van der Waals surface area contributed by atoms with E-state index < -0.39 is 33.9 Å². The number of aromatic hydroxyl groups is 1. The standard InChI is InChI=1S/C13H16ClN3O6/c1-3-4-5-15-13(20)16-12(19)9-7(14)6-8(23-2)11(18)10(9)17(21)22/h6,18H,3-5H2,1-2H3,(H2,15,16,19,20). The number of halogens is 1. The highest BCUT2D eigenvalue weighted by Crippen LogP contribution is 2.42. The molecule has 3 amide bonds. The van der Waals surface area contributed by atoms with Gasteiger partial charge in [0.25, 0.3) is 5.91 Å². The van der Waals surface area contributed by atoms with Crippen LogP contribution in [0.2, 0.25) is 5.02 Å². The van der Waals surface area contributed by atoms with Gasteiger partial charge in [-0.05, 0) is 6.42 Å². The minimum atomic E-state index is -1.10. The fourth-order valence-electron chi connectivity index (χ4n) is 1.74. The lowest BCUT2D eigenvalue weighted by molar-refractivity contribution is -0.386. The molecular weight excluding hydrogens is 330 g/mol. The van der Waals surface area contributed by atoms with Crippen molar-refractivity contribution in [2.24, 2.45) is 0 Å². The monoisotopic (exact) mass is 345 g/mol. The predicted molar refractivity (Wildman–Crippen MR) is 82.1 cm³/mol. The third-order valence-electron chi connectivity index (χ3n) is 2.86. The van der Waals surface area contributed by atoms with Gasteiger partial charge in [0, 0.05) is 12.6 Å². The number of phenolic OH excluding ortho intramolecular Hbond substituents is 1. The second kappa shape index (κ2) is 8.18. The first-order valence-electron chi connectivity index (χ1n) is 6.66. The zero-order valence-corrected chi connectivity index (χ0v) is 13.3. The molecule has 0 unspecified atom stereocenters. The summed E-state index contributed by atoms with van der Waals surface area (Å²) in [5, 5.41) is 24.9. The van der Waals surface area contributed by atoms with Crippen LogP contribution in [-0.2, 0) is 0 Å². The molecular formula is C13H16ClN3O6. The second-order valence-electron chi connectivity index (χ2n) is 4.45. The van der Waals surface area contributed by atoms with Gasteiger partial charge in [-0.3, -0.25) is 20.2 Å². The third kappa shape index (κ3) is 4.46. The SMILES string of the molecule is CCCCNC(=O)NC(=O)c1c(Cl)cc(OC)c(O)c1[N+](=O)[O-]. The number of imide groups is 1. The van der Waals surface area contributed by atoms with Crippen LogP contribution < -0.4 is 15.4 Å². The third-order valence-corrected chi connectivity index (χ3v) is 3.16. The Bertz CT molecular complexity index is 635. The average Bonchev–Trinajstić information content (AvgIpc) is 2.48. The highest BCUT2D eigenvalue weighted by atomic mass is 35.5. The lowest BCUT2D eigenvalue weighted by Gasteiger charge is -2.11. The molecule has 0 spiro atoms. The van der Waals surface area contributed by atoms with Crippen molar-refractivity contribution in [1.29, 1.82) is 0 Å². The van der Waals surface area contributed by atoms with E-state index in [4.69, 9.17) is 16.3 Å². The number of amides is 3. The molecule has 10 heteroatoms. The van der Waals surface area contributed by atoms with Crippen molar-refractivity contribution in [3.63, 3.8) is 0 Å². The number of nitro benzene ring substituents is 1. The molecule has 126 valence electrons. The molecule has 0 radical (unpaired) electrons. The maximum absolute atomic E-state index is 12.1. The first-order valence-corrected chi connectivity index (χ1v) is 7.04. The number of carbonyl (C=O) groups excluding carboxylic acids is 2. The summed E-state index contributed by atoms with van der Waals surface area (Å²) in [5.74, 6) is -2.21. The summed E-state index contributed by atoms with van der Waals surface area (Å²) in [6.45, 7) is 2.27. The number of urea groups is 1. The molecule has 0 atom stereocenters. The molecule has 0 aromatic heterocycles. The zero-order chi connectivity index (χ0) is 17.6. The largest absolute Gasteiger partial charge is 0.499 e. The molecule has 0 saturated carbocycles. The fraction of sp³-hybridized carbons (Fsp3) is 0.385. The summed E-state index contributed by atoms with van der Waals surface area (Å²) in [5.41, 5.74) is -1.56. The van der Waals surface area contributed by atoms with E-state index in [1.165, 1.54) is 7.11 Å². The smallest absolute Gasteiger partial charge is 0.328 e. The van der Waals surface area contributed by atoms with E-state index in [0.29, 0.717) is 13.0 Å². The van der Waals surface area contributed by atoms with Crippen molar-refractivity contribution in [2.75, 3.05) is 13.7 Å². The van der Waals surface area contributed by atoms with E-state index in [2.05, 4.69) is 5.32 Å². The number of benzene rings is 1. The van der Waals surface area contributed by atoms with Crippen LogP contribution in [0.1, 0.15) is 30.1 Å². The van der Waals surface area contributed by atoms with Crippen LogP contribution in [0, 0.1) is 10.1 Å². The molecule has 0 aliphatic rings. The molecule has 1 aromatic rings. The number of carbonyl (C=O) groups is 2. The number of hydrogen-bond donors (Lipinski definition) is 3. The van der Waals surface area contributed by atoms with Crippen molar-refractivity contribution < 1.29 is 24.4 Å². The molecule has 0 bridgehead atoms. The number of ether oxygens (including phenoxy) is 1. The molecule has 0 heterocycles. The van der Waals surface area contributed by atoms with Gasteiger partial charge < -0.3 is 15.2 Å². The van der Waals surface area contributed by atoms with Crippen molar-refractivity contribution in [3.05, 3.63) is 26.8 Å². The maximum atomic E-state index is 12.1. The van der Waals surface area contributed by atoms with Crippen molar-refractivity contribution in [2.45, 2.75) is 19.8 Å². The summed E-state index contributed by atoms with van der Waals surface area (Å²) in [6.07, 6.45) is 1.56. The second-order valence-corrected chi connectivity index (χ2v) is 4.86. The number of unbranched alkanes of at least 4 members (excludes halogenated alkanes) is 1. The summed E-state index contributed by atoms with van der Waals surface area (Å²) < 4.78 is 4.75. The minimum Gasteiger partial charge on any atom is -0.499 e. The highest BCUT2D eigenvalue weighted by molar-refractivity contribution is 6.35. The normalized spacial score (nSPS) is 10.0. The summed E-state index contributed by atoms with van der Waals surface area (Å²) in [7, 11) is 1.18. The number of hydrogen-bond acceptors (Lipinski definition) is 6. The van der Waals surface area contributed by atoms with Crippen molar-refractivity contribution >= 4 is 29.2 Å². The van der Waals surface area contributed by atoms with E-state index in [1.807, 2.05) is 12.2 Å². The van der Waals surface area contributed by atoms with Crippen LogP contribution in [0.5, 0.6) is 11.5 Å². The van der Waals surface area contributed by atoms with Gasteiger partial charge in [-0.25, -0.2) is 4.79 Å². The van der Waals surface area contributed by atoms with Gasteiger partial charge in [0.1, 0.15) is 5.56 Å². The molecule has 0 fully saturated rings. The number of nitrogens with zero attached hydrogens (tertiary/aromatic N) is 1. The molecule has 1 rings (SSSR count). The Balaban J connectivity index is 3.11. The van der Waals surface area contributed by atoms with Crippen LogP contribution in [0.4, 0.5) is 10.5 Å². The summed E-state index contributed by atoms with van der Waals surface area (Å²) in [6, 6.07) is 0.234. The van der Waals surface area contributed by atoms with E-state index in [0.717, 1.165) is 12.5 Å². The quantitative estimate of drug-likeness (QED) is 0.411. The minimum absolute atomic E-state index is 0.259. The summed E-state index contributed by atoms with van der Waals surface area (Å²) in [4.78, 5) is 33.8. The van der Waals surface area contributed by atoms with Crippen LogP contribution in [0.15, 0.2) is 6.07 Å². The van der Waals surface area contributed by atoms with E-state index in [1.54, 1.807) is 0 Å².